The number of carbonyl (C=O) groups excluding carboxylic acids is 1. The van der Waals surface area contributed by atoms with Crippen molar-refractivity contribution in [3.8, 4) is 11.8 Å². The molecule has 2 saturated heterocycles. The molecule has 1 aromatic heterocycles. The number of anilines is 2. The van der Waals surface area contributed by atoms with Gasteiger partial charge in [0.05, 0.1) is 18.8 Å². The molecule has 9 heteroatoms. The Morgan fingerprint density at radius 3 is 2.71 bits per heavy atom. The first-order valence-corrected chi connectivity index (χ1v) is 15.5. The van der Waals surface area contributed by atoms with E-state index in [-0.39, 0.29) is 11.7 Å². The molecule has 2 aromatic carbocycles. The van der Waals surface area contributed by atoms with Gasteiger partial charge in [-0.25, -0.2) is 0 Å². The maximum atomic E-state index is 12.2. The molecule has 3 aliphatic heterocycles. The summed E-state index contributed by atoms with van der Waals surface area (Å²) >= 11 is 0. The third kappa shape index (κ3) is 5.26. The number of aromatic nitrogens is 2. The lowest BCUT2D eigenvalue weighted by Gasteiger charge is -2.38. The number of fused-ring (bicyclic) bond motifs is 4. The summed E-state index contributed by atoms with van der Waals surface area (Å²) in [7, 11) is 0. The van der Waals surface area contributed by atoms with Gasteiger partial charge >= 0.3 is 6.01 Å². The van der Waals surface area contributed by atoms with E-state index in [0.717, 1.165) is 71.4 Å². The topological polar surface area (TPSA) is 85.3 Å². The first kappa shape index (κ1) is 27.0. The highest BCUT2D eigenvalue weighted by Gasteiger charge is 2.37. The molecule has 3 aromatic rings. The van der Waals surface area contributed by atoms with Gasteiger partial charge in [0.15, 0.2) is 0 Å². The number of hydrogen-bond acceptors (Lipinski definition) is 8. The molecule has 1 saturated carbocycles. The van der Waals surface area contributed by atoms with Crippen molar-refractivity contribution in [2.75, 3.05) is 62.2 Å². The smallest absolute Gasteiger partial charge is 0.318 e. The Kier molecular flexibility index (Phi) is 7.36. The number of ether oxygens (including phenoxy) is 1. The number of piperidine rings is 1. The molecule has 9 nitrogen and oxygen atoms in total. The number of rotatable bonds is 8. The van der Waals surface area contributed by atoms with Crippen molar-refractivity contribution < 1.29 is 14.6 Å². The average Bonchev–Trinajstić information content (AvgIpc) is 3.65. The van der Waals surface area contributed by atoms with Crippen LogP contribution in [0.2, 0.25) is 0 Å². The second-order valence-corrected chi connectivity index (χ2v) is 12.2. The van der Waals surface area contributed by atoms with E-state index in [0.29, 0.717) is 45.3 Å². The van der Waals surface area contributed by atoms with Gasteiger partial charge in [-0.15, -0.1) is 0 Å². The second kappa shape index (κ2) is 11.4. The Morgan fingerprint density at radius 1 is 1.07 bits per heavy atom. The molecule has 7 rings (SSSR count). The van der Waals surface area contributed by atoms with E-state index in [2.05, 4.69) is 27.3 Å². The van der Waals surface area contributed by atoms with Crippen LogP contribution in [0, 0.1) is 5.92 Å². The Balaban J connectivity index is 1.12. The molecule has 1 aliphatic carbocycles. The molecule has 1 amide bonds. The van der Waals surface area contributed by atoms with Gasteiger partial charge in [-0.2, -0.15) is 9.97 Å². The van der Waals surface area contributed by atoms with Crippen molar-refractivity contribution in [1.29, 1.82) is 0 Å². The number of likely N-dealkylation sites (tertiary alicyclic amines) is 1. The first-order chi connectivity index (χ1) is 20.6. The summed E-state index contributed by atoms with van der Waals surface area (Å²) in [5, 5.41) is 12.6. The van der Waals surface area contributed by atoms with Crippen molar-refractivity contribution >= 4 is 28.2 Å². The van der Waals surface area contributed by atoms with Crippen LogP contribution in [0.5, 0.6) is 11.8 Å². The van der Waals surface area contributed by atoms with Gasteiger partial charge in [0.1, 0.15) is 11.6 Å². The molecule has 2 atom stereocenters. The van der Waals surface area contributed by atoms with Crippen molar-refractivity contribution in [3.05, 3.63) is 60.3 Å². The largest absolute Gasteiger partial charge is 0.508 e. The van der Waals surface area contributed by atoms with Gasteiger partial charge in [-0.05, 0) is 55.6 Å². The SMILES string of the molecule is C=CC(=O)N1CCN(c2nc(OCCCN3C[C@@H]4CC[C@H]3C4)nc3c2CCN(c2cc(O)cc4ccccc24)C3)CC1. The van der Waals surface area contributed by atoms with Crippen LogP contribution in [-0.4, -0.2) is 89.2 Å². The average molecular weight is 569 g/mol. The van der Waals surface area contributed by atoms with Gasteiger partial charge < -0.3 is 24.5 Å². The van der Waals surface area contributed by atoms with Gasteiger partial charge in [0.2, 0.25) is 5.91 Å². The maximum absolute atomic E-state index is 12.2. The predicted molar refractivity (Wildman–Crippen MR) is 164 cm³/mol. The zero-order valence-electron chi connectivity index (χ0n) is 24.2. The minimum Gasteiger partial charge on any atom is -0.508 e. The fourth-order valence-electron chi connectivity index (χ4n) is 7.46. The molecule has 220 valence electrons. The van der Waals surface area contributed by atoms with E-state index in [1.165, 1.54) is 31.9 Å². The molecule has 42 heavy (non-hydrogen) atoms. The molecule has 0 spiro atoms. The zero-order valence-corrected chi connectivity index (χ0v) is 24.2. The van der Waals surface area contributed by atoms with E-state index in [1.807, 2.05) is 35.2 Å². The standard InChI is InChI=1S/C33H40N6O3/c1-2-31(41)36-13-15-37(16-14-36)32-28-10-12-39(30-20-26(40)19-24-6-3-4-7-27(24)30)22-29(28)34-33(35-32)42-17-5-11-38-21-23-8-9-25(38)18-23/h2-4,6-7,19-20,23,25,40H,1,5,8-18,21-22H2/t23-,25+/m1/s1. The van der Waals surface area contributed by atoms with Crippen LogP contribution < -0.4 is 14.5 Å². The first-order valence-electron chi connectivity index (χ1n) is 15.5. The summed E-state index contributed by atoms with van der Waals surface area (Å²) < 4.78 is 6.24. The number of phenolic OH excluding ortho intramolecular Hbond substituents is 1. The Bertz CT molecular complexity index is 1490. The second-order valence-electron chi connectivity index (χ2n) is 12.2. The fraction of sp³-hybridized carbons (Fsp3) is 0.485. The molecule has 4 heterocycles. The molecule has 0 unspecified atom stereocenters. The summed E-state index contributed by atoms with van der Waals surface area (Å²) in [4.78, 5) is 31.2. The van der Waals surface area contributed by atoms with Crippen molar-refractivity contribution in [2.45, 2.75) is 44.7 Å². The lowest BCUT2D eigenvalue weighted by molar-refractivity contribution is -0.126. The van der Waals surface area contributed by atoms with Crippen LogP contribution in [-0.2, 0) is 17.8 Å². The van der Waals surface area contributed by atoms with Crippen LogP contribution in [0.1, 0.15) is 36.9 Å². The van der Waals surface area contributed by atoms with E-state index < -0.39 is 0 Å². The van der Waals surface area contributed by atoms with Crippen LogP contribution in [0.25, 0.3) is 10.8 Å². The Morgan fingerprint density at radius 2 is 1.93 bits per heavy atom. The van der Waals surface area contributed by atoms with Gasteiger partial charge in [0.25, 0.3) is 0 Å². The third-order valence-electron chi connectivity index (χ3n) is 9.60. The van der Waals surface area contributed by atoms with E-state index in [9.17, 15) is 9.90 Å². The fourth-order valence-corrected chi connectivity index (χ4v) is 7.46. The Labute approximate surface area is 247 Å². The van der Waals surface area contributed by atoms with Gasteiger partial charge in [-0.1, -0.05) is 30.8 Å². The quantitative estimate of drug-likeness (QED) is 0.323. The summed E-state index contributed by atoms with van der Waals surface area (Å²) in [6.07, 6.45) is 7.26. The normalized spacial score (nSPS) is 22.0. The number of aromatic hydroxyl groups is 1. The number of nitrogens with zero attached hydrogens (tertiary/aromatic N) is 6. The van der Waals surface area contributed by atoms with Crippen molar-refractivity contribution in [3.63, 3.8) is 0 Å². The van der Waals surface area contributed by atoms with E-state index in [1.54, 1.807) is 0 Å². The van der Waals surface area contributed by atoms with Crippen LogP contribution in [0.15, 0.2) is 49.1 Å². The van der Waals surface area contributed by atoms with Crippen LogP contribution in [0.3, 0.4) is 0 Å². The van der Waals surface area contributed by atoms with Crippen molar-refractivity contribution in [1.82, 2.24) is 19.8 Å². The minimum absolute atomic E-state index is 0.0244. The number of carbonyl (C=O) groups is 1. The minimum atomic E-state index is -0.0244. The highest BCUT2D eigenvalue weighted by atomic mass is 16.5. The van der Waals surface area contributed by atoms with E-state index in [4.69, 9.17) is 14.7 Å². The van der Waals surface area contributed by atoms with Crippen LogP contribution >= 0.6 is 0 Å². The molecule has 3 fully saturated rings. The molecule has 4 aliphatic rings. The summed E-state index contributed by atoms with van der Waals surface area (Å²) in [5.41, 5.74) is 3.13. The molecule has 2 bridgehead atoms. The number of benzene rings is 2. The molecular weight excluding hydrogens is 528 g/mol. The maximum Gasteiger partial charge on any atom is 0.318 e. The monoisotopic (exact) mass is 568 g/mol. The summed E-state index contributed by atoms with van der Waals surface area (Å²) in [6.45, 7) is 10.6. The van der Waals surface area contributed by atoms with Crippen molar-refractivity contribution in [2.24, 2.45) is 5.92 Å². The number of piperazine rings is 1. The number of phenols is 1. The predicted octanol–water partition coefficient (Wildman–Crippen LogP) is 3.99. The lowest BCUT2D eigenvalue weighted by atomic mass is 10.0. The highest BCUT2D eigenvalue weighted by molar-refractivity contribution is 5.95. The van der Waals surface area contributed by atoms with Crippen LogP contribution in [0.4, 0.5) is 11.5 Å². The van der Waals surface area contributed by atoms with Gasteiger partial charge in [0, 0.05) is 74.6 Å². The van der Waals surface area contributed by atoms with Gasteiger partial charge in [-0.3, -0.25) is 9.69 Å². The number of amides is 1. The van der Waals surface area contributed by atoms with E-state index >= 15 is 0 Å². The Hall–Kier alpha value is -3.85. The highest BCUT2D eigenvalue weighted by Crippen LogP contribution is 2.38. The zero-order chi connectivity index (χ0) is 28.6. The molecule has 1 N–H and O–H groups in total. The summed E-state index contributed by atoms with van der Waals surface area (Å²) in [5.74, 6) is 2.07. The third-order valence-corrected chi connectivity index (χ3v) is 9.60. The summed E-state index contributed by atoms with van der Waals surface area (Å²) in [6, 6.07) is 13.0. The molecular formula is C33H40N6O3. The molecule has 0 radical (unpaired) electrons. The lowest BCUT2D eigenvalue weighted by Crippen LogP contribution is -2.49. The number of hydrogen-bond donors (Lipinski definition) is 1.